The summed E-state index contributed by atoms with van der Waals surface area (Å²) in [5.41, 5.74) is 3.57. The number of carbonyl (C=O) groups excluding carboxylic acids is 2. The molecule has 0 unspecified atom stereocenters. The lowest BCUT2D eigenvalue weighted by Gasteiger charge is -2.19. The number of fused-ring (bicyclic) bond motifs is 3. The quantitative estimate of drug-likeness (QED) is 0.334. The Bertz CT molecular complexity index is 1420. The molecule has 2 aliphatic carbocycles. The Hall–Kier alpha value is -3.89. The van der Waals surface area contributed by atoms with E-state index in [-0.39, 0.29) is 11.1 Å². The molecule has 0 heterocycles. The second-order valence-electron chi connectivity index (χ2n) is 7.34. The van der Waals surface area contributed by atoms with Gasteiger partial charge in [-0.1, -0.05) is 46.3 Å². The lowest BCUT2D eigenvalue weighted by molar-refractivity contribution is 0.0555. The Labute approximate surface area is 199 Å². The largest absolute Gasteiger partial charge is 0.465 e. The fraction of sp³-hybridized carbons (Fsp3) is 0.115. The van der Waals surface area contributed by atoms with Crippen LogP contribution in [0.5, 0.6) is 0 Å². The first-order valence-corrected chi connectivity index (χ1v) is 10.8. The SMILES string of the molecule is COC(=O)c1c(C(=O)OC)c(Nc2ccc(Br)cc2)c2c(C#N)c3cccccc-3c2c1C. The van der Waals surface area contributed by atoms with Gasteiger partial charge in [0.25, 0.3) is 0 Å². The summed E-state index contributed by atoms with van der Waals surface area (Å²) >= 11 is 3.41. The van der Waals surface area contributed by atoms with Crippen LogP contribution in [-0.4, -0.2) is 26.2 Å². The van der Waals surface area contributed by atoms with E-state index in [1.807, 2.05) is 54.6 Å². The van der Waals surface area contributed by atoms with Gasteiger partial charge in [0.15, 0.2) is 0 Å². The fourth-order valence-corrected chi connectivity index (χ4v) is 4.43. The highest BCUT2D eigenvalue weighted by molar-refractivity contribution is 9.10. The summed E-state index contributed by atoms with van der Waals surface area (Å²) in [6.07, 6.45) is 0. The Morgan fingerprint density at radius 1 is 0.879 bits per heavy atom. The van der Waals surface area contributed by atoms with Gasteiger partial charge in [0, 0.05) is 21.1 Å². The smallest absolute Gasteiger partial charge is 0.340 e. The molecule has 0 bridgehead atoms. The maximum absolute atomic E-state index is 13.0. The zero-order valence-electron chi connectivity index (χ0n) is 18.2. The molecule has 0 spiro atoms. The number of hydrogen-bond acceptors (Lipinski definition) is 6. The molecule has 0 amide bonds. The van der Waals surface area contributed by atoms with E-state index in [2.05, 4.69) is 27.3 Å². The van der Waals surface area contributed by atoms with E-state index in [9.17, 15) is 14.9 Å². The number of nitrogens with zero attached hydrogens (tertiary/aromatic N) is 1. The van der Waals surface area contributed by atoms with Gasteiger partial charge in [0.2, 0.25) is 0 Å². The van der Waals surface area contributed by atoms with Gasteiger partial charge in [-0.05, 0) is 47.7 Å². The topological polar surface area (TPSA) is 88.4 Å². The van der Waals surface area contributed by atoms with Crippen LogP contribution in [0.4, 0.5) is 11.4 Å². The molecule has 164 valence electrons. The summed E-state index contributed by atoms with van der Waals surface area (Å²) in [6, 6.07) is 19.0. The molecule has 0 radical (unpaired) electrons. The van der Waals surface area contributed by atoms with Crippen LogP contribution in [0, 0.1) is 18.3 Å². The van der Waals surface area contributed by atoms with Crippen LogP contribution < -0.4 is 5.32 Å². The number of rotatable bonds is 4. The van der Waals surface area contributed by atoms with Crippen molar-refractivity contribution in [2.45, 2.75) is 6.92 Å². The van der Waals surface area contributed by atoms with Crippen LogP contribution in [0.3, 0.4) is 0 Å². The number of carbonyl (C=O) groups is 2. The Morgan fingerprint density at radius 2 is 1.48 bits per heavy atom. The number of halogens is 1. The van der Waals surface area contributed by atoms with Gasteiger partial charge in [-0.2, -0.15) is 5.26 Å². The number of aryl methyl sites for hydroxylation is 1. The van der Waals surface area contributed by atoms with Crippen molar-refractivity contribution < 1.29 is 19.1 Å². The summed E-state index contributed by atoms with van der Waals surface area (Å²) in [7, 11) is 2.51. The molecule has 0 aliphatic heterocycles. The average molecular weight is 503 g/mol. The summed E-state index contributed by atoms with van der Waals surface area (Å²) < 4.78 is 11.0. The molecule has 2 aliphatic rings. The second kappa shape index (κ2) is 8.93. The van der Waals surface area contributed by atoms with Crippen molar-refractivity contribution in [2.24, 2.45) is 0 Å². The molecule has 0 saturated heterocycles. The lowest BCUT2D eigenvalue weighted by atomic mass is 9.92. The number of ether oxygens (including phenoxy) is 2. The molecule has 0 fully saturated rings. The van der Waals surface area contributed by atoms with E-state index in [0.717, 1.165) is 15.6 Å². The van der Waals surface area contributed by atoms with Crippen molar-refractivity contribution in [1.29, 1.82) is 5.26 Å². The van der Waals surface area contributed by atoms with Gasteiger partial charge in [-0.15, -0.1) is 0 Å². The number of esters is 2. The number of hydrogen-bond donors (Lipinski definition) is 1. The highest BCUT2D eigenvalue weighted by atomic mass is 79.9. The highest BCUT2D eigenvalue weighted by Crippen LogP contribution is 2.47. The Kier molecular flexibility index (Phi) is 6.03. The van der Waals surface area contributed by atoms with Crippen LogP contribution in [0.15, 0.2) is 59.1 Å². The summed E-state index contributed by atoms with van der Waals surface area (Å²) in [5.74, 6) is -1.37. The standard InChI is InChI=1S/C26H19BrN2O4/c1-14-20-18-8-6-4-5-7-17(18)19(13-28)22(20)24(29-16-11-9-15(27)10-12-16)23(26(31)33-3)21(14)25(30)32-2/h4-12,29H,1-3H3. The first-order valence-electron chi connectivity index (χ1n) is 10.0. The first kappa shape index (κ1) is 22.3. The number of methoxy groups -OCH3 is 2. The van der Waals surface area contributed by atoms with E-state index >= 15 is 0 Å². The second-order valence-corrected chi connectivity index (χ2v) is 8.26. The zero-order chi connectivity index (χ0) is 23.7. The van der Waals surface area contributed by atoms with Crippen molar-refractivity contribution in [3.8, 4) is 17.2 Å². The van der Waals surface area contributed by atoms with E-state index in [0.29, 0.717) is 33.3 Å². The molecule has 1 N–H and O–H groups in total. The highest BCUT2D eigenvalue weighted by Gasteiger charge is 2.32. The number of nitrogens with one attached hydrogen (secondary N) is 1. The van der Waals surface area contributed by atoms with Gasteiger partial charge in [-0.3, -0.25) is 0 Å². The molecule has 6 nitrogen and oxygen atoms in total. The predicted molar refractivity (Wildman–Crippen MR) is 130 cm³/mol. The first-order chi connectivity index (χ1) is 15.9. The zero-order valence-corrected chi connectivity index (χ0v) is 19.7. The molecule has 7 heteroatoms. The molecule has 2 aromatic carbocycles. The van der Waals surface area contributed by atoms with E-state index < -0.39 is 11.9 Å². The maximum atomic E-state index is 13.0. The van der Waals surface area contributed by atoms with Gasteiger partial charge >= 0.3 is 11.9 Å². The van der Waals surface area contributed by atoms with Gasteiger partial charge < -0.3 is 14.8 Å². The van der Waals surface area contributed by atoms with Crippen LogP contribution >= 0.6 is 15.9 Å². The third-order valence-electron chi connectivity index (χ3n) is 5.58. The third-order valence-corrected chi connectivity index (χ3v) is 6.11. The van der Waals surface area contributed by atoms with Gasteiger partial charge in [-0.25, -0.2) is 9.59 Å². The molecule has 33 heavy (non-hydrogen) atoms. The van der Waals surface area contributed by atoms with E-state index in [1.54, 1.807) is 6.92 Å². The molecular formula is C26H19BrN2O4. The fourth-order valence-electron chi connectivity index (χ4n) is 4.16. The minimum absolute atomic E-state index is 0.0217. The average Bonchev–Trinajstić information content (AvgIpc) is 2.95. The van der Waals surface area contributed by atoms with Crippen LogP contribution in [0.2, 0.25) is 0 Å². The number of nitriles is 1. The third kappa shape index (κ3) is 3.69. The molecule has 0 atom stereocenters. The monoisotopic (exact) mass is 502 g/mol. The summed E-state index contributed by atoms with van der Waals surface area (Å²) in [6.45, 7) is 1.75. The summed E-state index contributed by atoms with van der Waals surface area (Å²) in [4.78, 5) is 25.9. The minimum Gasteiger partial charge on any atom is -0.465 e. The summed E-state index contributed by atoms with van der Waals surface area (Å²) in [5, 5.41) is 14.7. The minimum atomic E-state index is -0.709. The predicted octanol–water partition coefficient (Wildman–Crippen LogP) is 6.20. The molecule has 4 rings (SSSR count). The number of benzene rings is 2. The van der Waals surface area contributed by atoms with Crippen molar-refractivity contribution in [3.63, 3.8) is 0 Å². The van der Waals surface area contributed by atoms with E-state index in [1.165, 1.54) is 14.2 Å². The van der Waals surface area contributed by atoms with Crippen LogP contribution in [0.1, 0.15) is 31.8 Å². The number of anilines is 2. The lowest BCUT2D eigenvalue weighted by Crippen LogP contribution is -2.16. The van der Waals surface area contributed by atoms with Crippen LogP contribution in [0.25, 0.3) is 21.9 Å². The van der Waals surface area contributed by atoms with Gasteiger partial charge in [0.1, 0.15) is 6.07 Å². The van der Waals surface area contributed by atoms with Crippen molar-refractivity contribution in [3.05, 3.63) is 81.3 Å². The van der Waals surface area contributed by atoms with Crippen LogP contribution in [-0.2, 0) is 9.47 Å². The normalized spacial score (nSPS) is 10.6. The Balaban J connectivity index is 2.25. The molecule has 0 aromatic heterocycles. The van der Waals surface area contributed by atoms with E-state index in [4.69, 9.17) is 9.47 Å². The molecule has 0 saturated carbocycles. The maximum Gasteiger partial charge on any atom is 0.340 e. The molecular weight excluding hydrogens is 484 g/mol. The molecule has 2 aromatic rings. The Morgan fingerprint density at radius 3 is 2.09 bits per heavy atom. The van der Waals surface area contributed by atoms with Gasteiger partial charge in [0.05, 0.1) is 36.6 Å². The van der Waals surface area contributed by atoms with Crippen molar-refractivity contribution >= 4 is 50.0 Å². The van der Waals surface area contributed by atoms with Crippen molar-refractivity contribution in [2.75, 3.05) is 19.5 Å². The van der Waals surface area contributed by atoms with Crippen molar-refractivity contribution in [1.82, 2.24) is 0 Å².